The quantitative estimate of drug-likeness (QED) is 0.813. The zero-order valence-electron chi connectivity index (χ0n) is 10.0. The second-order valence-electron chi connectivity index (χ2n) is 3.67. The van der Waals surface area contributed by atoms with Gasteiger partial charge < -0.3 is 14.6 Å². The van der Waals surface area contributed by atoms with Crippen LogP contribution in [0.3, 0.4) is 0 Å². The van der Waals surface area contributed by atoms with Gasteiger partial charge in [0, 0.05) is 13.7 Å². The van der Waals surface area contributed by atoms with Gasteiger partial charge in [0.15, 0.2) is 5.82 Å². The van der Waals surface area contributed by atoms with E-state index in [2.05, 4.69) is 15.5 Å². The van der Waals surface area contributed by atoms with Gasteiger partial charge in [0.2, 0.25) is 0 Å². The fourth-order valence-corrected chi connectivity index (χ4v) is 1.66. The van der Waals surface area contributed by atoms with E-state index >= 15 is 0 Å². The van der Waals surface area contributed by atoms with Crippen LogP contribution in [0.4, 0.5) is 0 Å². The second kappa shape index (κ2) is 6.49. The number of benzene rings is 1. The number of hydrogen-bond acceptors (Lipinski definition) is 5. The van der Waals surface area contributed by atoms with Gasteiger partial charge in [0.1, 0.15) is 0 Å². The number of ether oxygens (including phenoxy) is 1. The third-order valence-corrected chi connectivity index (χ3v) is 2.67. The van der Waals surface area contributed by atoms with Gasteiger partial charge >= 0.3 is 0 Å². The highest BCUT2D eigenvalue weighted by molar-refractivity contribution is 6.33. The van der Waals surface area contributed by atoms with Crippen LogP contribution >= 0.6 is 11.6 Å². The summed E-state index contributed by atoms with van der Waals surface area (Å²) in [4.78, 5) is 4.27. The van der Waals surface area contributed by atoms with Crippen LogP contribution in [0.1, 0.15) is 5.82 Å². The lowest BCUT2D eigenvalue weighted by atomic mass is 10.2. The molecule has 0 aliphatic rings. The Morgan fingerprint density at radius 3 is 3.00 bits per heavy atom. The molecule has 18 heavy (non-hydrogen) atoms. The van der Waals surface area contributed by atoms with Gasteiger partial charge in [-0.2, -0.15) is 4.98 Å². The first kappa shape index (κ1) is 13.0. The lowest BCUT2D eigenvalue weighted by molar-refractivity contribution is 0.199. The van der Waals surface area contributed by atoms with E-state index in [1.165, 1.54) is 0 Å². The molecule has 0 bridgehead atoms. The van der Waals surface area contributed by atoms with Crippen LogP contribution in [0.25, 0.3) is 11.5 Å². The van der Waals surface area contributed by atoms with Crippen molar-refractivity contribution in [3.8, 4) is 11.5 Å². The van der Waals surface area contributed by atoms with Crippen molar-refractivity contribution in [3.05, 3.63) is 35.1 Å². The Kier molecular flexibility index (Phi) is 4.69. The predicted octanol–water partition coefficient (Wildman–Crippen LogP) is 2.13. The van der Waals surface area contributed by atoms with Crippen molar-refractivity contribution in [1.29, 1.82) is 0 Å². The smallest absolute Gasteiger partial charge is 0.259 e. The topological polar surface area (TPSA) is 60.2 Å². The van der Waals surface area contributed by atoms with Gasteiger partial charge in [-0.25, -0.2) is 0 Å². The summed E-state index contributed by atoms with van der Waals surface area (Å²) in [6.07, 6.45) is 0. The summed E-state index contributed by atoms with van der Waals surface area (Å²) < 4.78 is 10.1. The van der Waals surface area contributed by atoms with Crippen LogP contribution in [-0.2, 0) is 11.3 Å². The number of rotatable bonds is 6. The van der Waals surface area contributed by atoms with E-state index in [0.29, 0.717) is 29.9 Å². The molecule has 0 saturated carbocycles. The van der Waals surface area contributed by atoms with Gasteiger partial charge in [-0.05, 0) is 12.1 Å². The maximum absolute atomic E-state index is 6.05. The number of halogens is 1. The molecule has 1 aromatic carbocycles. The molecule has 96 valence electrons. The fraction of sp³-hybridized carbons (Fsp3) is 0.333. The summed E-state index contributed by atoms with van der Waals surface area (Å²) in [5, 5.41) is 7.62. The van der Waals surface area contributed by atoms with Crippen molar-refractivity contribution in [1.82, 2.24) is 15.5 Å². The van der Waals surface area contributed by atoms with Gasteiger partial charge in [0.25, 0.3) is 5.89 Å². The van der Waals surface area contributed by atoms with Crippen LogP contribution < -0.4 is 5.32 Å². The molecular formula is C12H14ClN3O2. The van der Waals surface area contributed by atoms with Crippen LogP contribution in [0.15, 0.2) is 28.8 Å². The van der Waals surface area contributed by atoms with Crippen LogP contribution in [-0.4, -0.2) is 30.4 Å². The largest absolute Gasteiger partial charge is 0.383 e. The second-order valence-corrected chi connectivity index (χ2v) is 4.07. The number of hydrogen-bond donors (Lipinski definition) is 1. The maximum atomic E-state index is 6.05. The Labute approximate surface area is 110 Å². The first-order valence-electron chi connectivity index (χ1n) is 5.58. The molecule has 0 amide bonds. The molecule has 0 aliphatic carbocycles. The van der Waals surface area contributed by atoms with Crippen molar-refractivity contribution in [2.24, 2.45) is 0 Å². The molecule has 6 heteroatoms. The molecule has 5 nitrogen and oxygen atoms in total. The summed E-state index contributed by atoms with van der Waals surface area (Å²) in [5.41, 5.74) is 0.745. The summed E-state index contributed by atoms with van der Waals surface area (Å²) in [7, 11) is 1.66. The zero-order chi connectivity index (χ0) is 12.8. The summed E-state index contributed by atoms with van der Waals surface area (Å²) in [6, 6.07) is 7.37. The first-order valence-corrected chi connectivity index (χ1v) is 5.96. The van der Waals surface area contributed by atoms with E-state index in [9.17, 15) is 0 Å². The van der Waals surface area contributed by atoms with E-state index in [1.807, 2.05) is 18.2 Å². The molecule has 0 aliphatic heterocycles. The molecule has 2 aromatic rings. The Morgan fingerprint density at radius 1 is 1.39 bits per heavy atom. The van der Waals surface area contributed by atoms with E-state index < -0.39 is 0 Å². The molecule has 0 radical (unpaired) electrons. The average molecular weight is 268 g/mol. The molecule has 0 saturated heterocycles. The number of aromatic nitrogens is 2. The standard InChI is InChI=1S/C12H14ClN3O2/c1-17-7-6-14-8-11-15-12(18-16-11)9-4-2-3-5-10(9)13/h2-5,14H,6-8H2,1H3. The highest BCUT2D eigenvalue weighted by Gasteiger charge is 2.11. The lowest BCUT2D eigenvalue weighted by Crippen LogP contribution is -2.19. The highest BCUT2D eigenvalue weighted by atomic mass is 35.5. The maximum Gasteiger partial charge on any atom is 0.259 e. The normalized spacial score (nSPS) is 10.8. The van der Waals surface area contributed by atoms with Crippen LogP contribution in [0.5, 0.6) is 0 Å². The molecule has 0 fully saturated rings. The monoisotopic (exact) mass is 267 g/mol. The summed E-state index contributed by atoms with van der Waals surface area (Å²) in [5.74, 6) is 1.03. The number of nitrogens with zero attached hydrogens (tertiary/aromatic N) is 2. The minimum atomic E-state index is 0.434. The zero-order valence-corrected chi connectivity index (χ0v) is 10.8. The average Bonchev–Trinajstić information content (AvgIpc) is 2.84. The van der Waals surface area contributed by atoms with E-state index in [-0.39, 0.29) is 0 Å². The Morgan fingerprint density at radius 2 is 2.22 bits per heavy atom. The molecule has 0 atom stereocenters. The van der Waals surface area contributed by atoms with Crippen LogP contribution in [0, 0.1) is 0 Å². The molecule has 0 spiro atoms. The molecule has 1 N–H and O–H groups in total. The van der Waals surface area contributed by atoms with Crippen molar-refractivity contribution in [2.75, 3.05) is 20.3 Å². The SMILES string of the molecule is COCCNCc1noc(-c2ccccc2Cl)n1. The van der Waals surface area contributed by atoms with Gasteiger partial charge in [-0.1, -0.05) is 28.9 Å². The van der Waals surface area contributed by atoms with Crippen molar-refractivity contribution in [2.45, 2.75) is 6.54 Å². The van der Waals surface area contributed by atoms with Gasteiger partial charge in [0.05, 0.1) is 23.7 Å². The molecule has 2 rings (SSSR count). The minimum Gasteiger partial charge on any atom is -0.383 e. The third kappa shape index (κ3) is 3.29. The number of methoxy groups -OCH3 is 1. The summed E-state index contributed by atoms with van der Waals surface area (Å²) in [6.45, 7) is 1.93. The van der Waals surface area contributed by atoms with E-state index in [1.54, 1.807) is 13.2 Å². The van der Waals surface area contributed by atoms with Crippen molar-refractivity contribution >= 4 is 11.6 Å². The van der Waals surface area contributed by atoms with Gasteiger partial charge in [-0.15, -0.1) is 0 Å². The Balaban J connectivity index is 2.00. The van der Waals surface area contributed by atoms with Crippen molar-refractivity contribution in [3.63, 3.8) is 0 Å². The van der Waals surface area contributed by atoms with E-state index in [4.69, 9.17) is 20.9 Å². The molecule has 1 heterocycles. The van der Waals surface area contributed by atoms with Crippen molar-refractivity contribution < 1.29 is 9.26 Å². The molecule has 1 aromatic heterocycles. The lowest BCUT2D eigenvalue weighted by Gasteiger charge is -1.99. The van der Waals surface area contributed by atoms with Gasteiger partial charge in [-0.3, -0.25) is 0 Å². The molecular weight excluding hydrogens is 254 g/mol. The first-order chi connectivity index (χ1) is 8.81. The Bertz CT molecular complexity index is 502. The predicted molar refractivity (Wildman–Crippen MR) is 68.3 cm³/mol. The molecule has 0 unspecified atom stereocenters. The minimum absolute atomic E-state index is 0.434. The van der Waals surface area contributed by atoms with Crippen LogP contribution in [0.2, 0.25) is 5.02 Å². The highest BCUT2D eigenvalue weighted by Crippen LogP contribution is 2.25. The number of nitrogens with one attached hydrogen (secondary N) is 1. The summed E-state index contributed by atoms with van der Waals surface area (Å²) >= 11 is 6.05. The fourth-order valence-electron chi connectivity index (χ4n) is 1.44. The Hall–Kier alpha value is -1.43. The third-order valence-electron chi connectivity index (χ3n) is 2.34. The van der Waals surface area contributed by atoms with E-state index in [0.717, 1.165) is 12.1 Å².